The molecule has 0 bridgehead atoms. The monoisotopic (exact) mass is 411 g/mol. The summed E-state index contributed by atoms with van der Waals surface area (Å²) in [6, 6.07) is 2.14. The van der Waals surface area contributed by atoms with E-state index in [0.717, 1.165) is 12.8 Å². The fourth-order valence-corrected chi connectivity index (χ4v) is 3.02. The van der Waals surface area contributed by atoms with Crippen molar-refractivity contribution in [2.75, 3.05) is 31.7 Å². The normalized spacial score (nSPS) is 19.2. The van der Waals surface area contributed by atoms with Gasteiger partial charge in [-0.1, -0.05) is 20.8 Å². The number of nitrogens with zero attached hydrogens (tertiary/aromatic N) is 2. The van der Waals surface area contributed by atoms with Crippen LogP contribution in [0.25, 0.3) is 0 Å². The van der Waals surface area contributed by atoms with E-state index in [1.807, 2.05) is 0 Å². The Bertz CT molecular complexity index is 782. The molecule has 1 amide bonds. The van der Waals surface area contributed by atoms with Crippen molar-refractivity contribution in [1.29, 1.82) is 0 Å². The van der Waals surface area contributed by atoms with Crippen LogP contribution in [0.1, 0.15) is 44.1 Å². The molecule has 7 nitrogen and oxygen atoms in total. The standard InChI is InChI=1S/C20H27F2N3O4/c1-19(2,3)15(18(27)28-4)24-16(26)13-7-8-14(25-10-20(21,22)11-25)17(23-13)29-9-12-5-6-12/h7-8,12,15H,5-6,9-11H2,1-4H3,(H,24,26)/t15-/m1/s1. The van der Waals surface area contributed by atoms with Gasteiger partial charge < -0.3 is 19.7 Å². The number of anilines is 1. The fourth-order valence-electron chi connectivity index (χ4n) is 3.02. The number of esters is 1. The van der Waals surface area contributed by atoms with Crippen LogP contribution in [0.4, 0.5) is 14.5 Å². The van der Waals surface area contributed by atoms with E-state index >= 15 is 0 Å². The first-order valence-corrected chi connectivity index (χ1v) is 9.65. The molecule has 1 N–H and O–H groups in total. The molecule has 1 aliphatic heterocycles. The molecule has 0 radical (unpaired) electrons. The smallest absolute Gasteiger partial charge is 0.328 e. The minimum absolute atomic E-state index is 0.0463. The molecule has 1 saturated carbocycles. The van der Waals surface area contributed by atoms with Crippen LogP contribution in [0.5, 0.6) is 5.88 Å². The van der Waals surface area contributed by atoms with Gasteiger partial charge in [-0.2, -0.15) is 0 Å². The van der Waals surface area contributed by atoms with Crippen LogP contribution in [0.3, 0.4) is 0 Å². The number of nitrogens with one attached hydrogen (secondary N) is 1. The van der Waals surface area contributed by atoms with Crippen LogP contribution >= 0.6 is 0 Å². The lowest BCUT2D eigenvalue weighted by Gasteiger charge is -2.40. The minimum Gasteiger partial charge on any atom is -0.476 e. The number of ether oxygens (including phenoxy) is 2. The van der Waals surface area contributed by atoms with Gasteiger partial charge in [0.2, 0.25) is 5.88 Å². The highest BCUT2D eigenvalue weighted by atomic mass is 19.3. The van der Waals surface area contributed by atoms with Gasteiger partial charge in [-0.25, -0.2) is 18.6 Å². The molecular formula is C20H27F2N3O4. The first kappa shape index (κ1) is 21.3. The lowest BCUT2D eigenvalue weighted by atomic mass is 9.86. The molecule has 3 rings (SSSR count). The number of aromatic nitrogens is 1. The Morgan fingerprint density at radius 2 is 1.97 bits per heavy atom. The SMILES string of the molecule is COC(=O)[C@@H](NC(=O)c1ccc(N2CC(F)(F)C2)c(OCC2CC2)n1)C(C)(C)C. The Balaban J connectivity index is 1.79. The summed E-state index contributed by atoms with van der Waals surface area (Å²) in [7, 11) is 1.26. The van der Waals surface area contributed by atoms with Crippen molar-refractivity contribution in [1.82, 2.24) is 10.3 Å². The summed E-state index contributed by atoms with van der Waals surface area (Å²) in [5.74, 6) is -3.26. The summed E-state index contributed by atoms with van der Waals surface area (Å²) < 4.78 is 37.1. The van der Waals surface area contributed by atoms with Gasteiger partial charge in [0, 0.05) is 0 Å². The molecule has 1 aromatic heterocycles. The number of hydrogen-bond acceptors (Lipinski definition) is 6. The largest absolute Gasteiger partial charge is 0.476 e. The molecule has 29 heavy (non-hydrogen) atoms. The van der Waals surface area contributed by atoms with Crippen molar-refractivity contribution >= 4 is 17.6 Å². The highest BCUT2D eigenvalue weighted by molar-refractivity contribution is 5.96. The molecule has 1 atom stereocenters. The minimum atomic E-state index is -2.73. The number of carbonyl (C=O) groups is 2. The van der Waals surface area contributed by atoms with Gasteiger partial charge in [-0.05, 0) is 36.3 Å². The van der Waals surface area contributed by atoms with Crippen molar-refractivity contribution in [3.63, 3.8) is 0 Å². The molecule has 1 aliphatic carbocycles. The number of hydrogen-bond donors (Lipinski definition) is 1. The molecule has 0 aromatic carbocycles. The van der Waals surface area contributed by atoms with Crippen LogP contribution in [-0.4, -0.2) is 55.6 Å². The zero-order valence-electron chi connectivity index (χ0n) is 17.1. The van der Waals surface area contributed by atoms with Gasteiger partial charge in [0.1, 0.15) is 17.4 Å². The summed E-state index contributed by atoms with van der Waals surface area (Å²) in [6.45, 7) is 5.03. The van der Waals surface area contributed by atoms with E-state index in [0.29, 0.717) is 18.2 Å². The third kappa shape index (κ3) is 5.13. The second-order valence-corrected chi connectivity index (χ2v) is 8.78. The molecule has 1 saturated heterocycles. The van der Waals surface area contributed by atoms with Crippen LogP contribution < -0.4 is 15.0 Å². The zero-order chi connectivity index (χ0) is 21.4. The Morgan fingerprint density at radius 3 is 2.48 bits per heavy atom. The van der Waals surface area contributed by atoms with Crippen molar-refractivity contribution in [2.24, 2.45) is 11.3 Å². The van der Waals surface area contributed by atoms with Gasteiger partial charge in [0.25, 0.3) is 11.8 Å². The first-order chi connectivity index (χ1) is 13.5. The summed E-state index contributed by atoms with van der Waals surface area (Å²) in [5, 5.41) is 2.65. The molecule has 0 unspecified atom stereocenters. The van der Waals surface area contributed by atoms with E-state index in [4.69, 9.17) is 9.47 Å². The highest BCUT2D eigenvalue weighted by Gasteiger charge is 2.45. The summed E-state index contributed by atoms with van der Waals surface area (Å²) in [6.07, 6.45) is 2.12. The average molecular weight is 411 g/mol. The number of carbonyl (C=O) groups excluding carboxylic acids is 2. The zero-order valence-corrected chi connectivity index (χ0v) is 17.1. The van der Waals surface area contributed by atoms with Crippen LogP contribution in [0.2, 0.25) is 0 Å². The van der Waals surface area contributed by atoms with E-state index in [9.17, 15) is 18.4 Å². The highest BCUT2D eigenvalue weighted by Crippen LogP contribution is 2.38. The molecule has 2 heterocycles. The Labute approximate surface area is 168 Å². The second kappa shape index (κ2) is 7.76. The van der Waals surface area contributed by atoms with Crippen molar-refractivity contribution in [3.05, 3.63) is 17.8 Å². The van der Waals surface area contributed by atoms with Gasteiger partial charge in [-0.15, -0.1) is 0 Å². The van der Waals surface area contributed by atoms with Crippen molar-refractivity contribution in [3.8, 4) is 5.88 Å². The Kier molecular flexibility index (Phi) is 5.69. The fraction of sp³-hybridized carbons (Fsp3) is 0.650. The number of methoxy groups -OCH3 is 1. The number of pyridine rings is 1. The van der Waals surface area contributed by atoms with Crippen LogP contribution in [0.15, 0.2) is 12.1 Å². The molecule has 2 aliphatic rings. The van der Waals surface area contributed by atoms with Gasteiger partial charge in [0.15, 0.2) is 0 Å². The molecule has 160 valence electrons. The maximum Gasteiger partial charge on any atom is 0.328 e. The van der Waals surface area contributed by atoms with Crippen molar-refractivity contribution < 1.29 is 27.8 Å². The molecular weight excluding hydrogens is 384 g/mol. The third-order valence-corrected chi connectivity index (χ3v) is 4.99. The predicted molar refractivity (Wildman–Crippen MR) is 102 cm³/mol. The van der Waals surface area contributed by atoms with Gasteiger partial charge >= 0.3 is 5.97 Å². The number of alkyl halides is 2. The average Bonchev–Trinajstić information content (AvgIpc) is 3.44. The van der Waals surface area contributed by atoms with Gasteiger partial charge in [-0.3, -0.25) is 4.79 Å². The number of halogens is 2. The third-order valence-electron chi connectivity index (χ3n) is 4.99. The van der Waals surface area contributed by atoms with Gasteiger partial charge in [0.05, 0.1) is 26.8 Å². The summed E-state index contributed by atoms with van der Waals surface area (Å²) in [5.41, 5.74) is -0.0875. The second-order valence-electron chi connectivity index (χ2n) is 8.78. The number of rotatable bonds is 7. The van der Waals surface area contributed by atoms with E-state index in [1.54, 1.807) is 26.8 Å². The van der Waals surface area contributed by atoms with E-state index in [-0.39, 0.29) is 11.6 Å². The Hall–Kier alpha value is -2.45. The lowest BCUT2D eigenvalue weighted by molar-refractivity contribution is -0.145. The quantitative estimate of drug-likeness (QED) is 0.695. The molecule has 9 heteroatoms. The van der Waals surface area contributed by atoms with E-state index in [2.05, 4.69) is 10.3 Å². The summed E-state index contributed by atoms with van der Waals surface area (Å²) in [4.78, 5) is 30.5. The van der Waals surface area contributed by atoms with E-state index in [1.165, 1.54) is 18.1 Å². The molecule has 2 fully saturated rings. The maximum absolute atomic E-state index is 13.3. The summed E-state index contributed by atoms with van der Waals surface area (Å²) >= 11 is 0. The van der Waals surface area contributed by atoms with Crippen molar-refractivity contribution in [2.45, 2.75) is 45.6 Å². The molecule has 1 aromatic rings. The van der Waals surface area contributed by atoms with E-state index < -0.39 is 42.3 Å². The van der Waals surface area contributed by atoms with Crippen LogP contribution in [-0.2, 0) is 9.53 Å². The maximum atomic E-state index is 13.3. The first-order valence-electron chi connectivity index (χ1n) is 9.65. The molecule has 0 spiro atoms. The Morgan fingerprint density at radius 1 is 1.31 bits per heavy atom. The predicted octanol–water partition coefficient (Wildman–Crippen LogP) is 2.64. The lowest BCUT2D eigenvalue weighted by Crippen LogP contribution is -2.56. The topological polar surface area (TPSA) is 80.8 Å². The van der Waals surface area contributed by atoms with Crippen LogP contribution in [0, 0.1) is 11.3 Å². The number of amides is 1.